The van der Waals surface area contributed by atoms with E-state index >= 15 is 0 Å². The summed E-state index contributed by atoms with van der Waals surface area (Å²) in [7, 11) is 0. The lowest BCUT2D eigenvalue weighted by Crippen LogP contribution is -2.42. The van der Waals surface area contributed by atoms with Crippen LogP contribution in [-0.4, -0.2) is 29.0 Å². The molecule has 5 rings (SSSR count). The first-order valence-electron chi connectivity index (χ1n) is 11.0. The summed E-state index contributed by atoms with van der Waals surface area (Å²) in [6.45, 7) is 6.02. The Kier molecular flexibility index (Phi) is 5.19. The molecule has 1 aliphatic carbocycles. The number of anilines is 1. The number of aromatic nitrogens is 2. The first-order valence-corrected chi connectivity index (χ1v) is 11.8. The average molecular weight is 421 g/mol. The molecule has 0 saturated carbocycles. The molecule has 0 unspecified atom stereocenters. The molecule has 1 saturated heterocycles. The highest BCUT2D eigenvalue weighted by Gasteiger charge is 2.30. The fraction of sp³-hybridized carbons (Fsp3) is 0.458. The van der Waals surface area contributed by atoms with Crippen molar-refractivity contribution in [3.63, 3.8) is 0 Å². The summed E-state index contributed by atoms with van der Waals surface area (Å²) < 4.78 is 0. The Balaban J connectivity index is 1.26. The van der Waals surface area contributed by atoms with Crippen molar-refractivity contribution in [3.8, 4) is 0 Å². The average Bonchev–Trinajstić information content (AvgIpc) is 3.08. The third-order valence-electron chi connectivity index (χ3n) is 6.80. The van der Waals surface area contributed by atoms with Crippen LogP contribution >= 0.6 is 11.3 Å². The van der Waals surface area contributed by atoms with Gasteiger partial charge in [0.2, 0.25) is 5.91 Å². The van der Waals surface area contributed by atoms with Gasteiger partial charge in [0.15, 0.2) is 0 Å². The normalized spacial score (nSPS) is 19.7. The van der Waals surface area contributed by atoms with Crippen molar-refractivity contribution in [2.45, 2.75) is 52.0 Å². The lowest BCUT2D eigenvalue weighted by atomic mass is 9.87. The van der Waals surface area contributed by atoms with Crippen LogP contribution in [0, 0.1) is 19.8 Å². The highest BCUT2D eigenvalue weighted by atomic mass is 32.1. The van der Waals surface area contributed by atoms with Gasteiger partial charge in [-0.2, -0.15) is 0 Å². The summed E-state index contributed by atoms with van der Waals surface area (Å²) >= 11 is 1.73. The van der Waals surface area contributed by atoms with Crippen LogP contribution in [-0.2, 0) is 11.2 Å². The number of nitrogens with one attached hydrogen (secondary N) is 1. The minimum Gasteiger partial charge on any atom is -0.356 e. The molecule has 0 spiro atoms. The molecular formula is C24H28N4OS. The summed E-state index contributed by atoms with van der Waals surface area (Å²) in [5.41, 5.74) is 3.97. The van der Waals surface area contributed by atoms with Gasteiger partial charge in [-0.25, -0.2) is 9.97 Å². The molecule has 0 radical (unpaired) electrons. The van der Waals surface area contributed by atoms with E-state index in [0.717, 1.165) is 55.8 Å². The van der Waals surface area contributed by atoms with Crippen molar-refractivity contribution in [2.75, 3.05) is 18.0 Å². The predicted molar refractivity (Wildman–Crippen MR) is 122 cm³/mol. The third kappa shape index (κ3) is 3.47. The quantitative estimate of drug-likeness (QED) is 0.666. The monoisotopic (exact) mass is 420 g/mol. The van der Waals surface area contributed by atoms with Crippen LogP contribution < -0.4 is 10.2 Å². The molecule has 2 aromatic heterocycles. The minimum atomic E-state index is 0.0815. The number of thiophene rings is 1. The first-order chi connectivity index (χ1) is 14.6. The van der Waals surface area contributed by atoms with E-state index in [1.165, 1.54) is 27.0 Å². The number of carbonyl (C=O) groups excluding carboxylic acids is 1. The number of benzene rings is 1. The molecule has 156 valence electrons. The molecule has 0 bridgehead atoms. The topological polar surface area (TPSA) is 58.1 Å². The molecule has 6 heteroatoms. The number of hydrogen-bond acceptors (Lipinski definition) is 5. The zero-order chi connectivity index (χ0) is 20.7. The number of piperidine rings is 1. The van der Waals surface area contributed by atoms with Gasteiger partial charge in [-0.15, -0.1) is 11.3 Å². The summed E-state index contributed by atoms with van der Waals surface area (Å²) in [4.78, 5) is 26.8. The number of hydrogen-bond donors (Lipinski definition) is 1. The molecule has 1 aromatic carbocycles. The SMILES string of the molecule is Cc1sc2ncnc(N3CCC(C(=O)N[C@@H]4CCCc5ccccc54)CC3)c2c1C. The largest absolute Gasteiger partial charge is 0.356 e. The molecule has 30 heavy (non-hydrogen) atoms. The lowest BCUT2D eigenvalue weighted by molar-refractivity contribution is -0.126. The smallest absolute Gasteiger partial charge is 0.223 e. The van der Waals surface area contributed by atoms with Gasteiger partial charge in [0, 0.05) is 23.9 Å². The molecule has 3 aromatic rings. The maximum absolute atomic E-state index is 13.0. The van der Waals surface area contributed by atoms with Gasteiger partial charge in [-0.3, -0.25) is 4.79 Å². The van der Waals surface area contributed by atoms with Crippen LogP contribution in [0.2, 0.25) is 0 Å². The predicted octanol–water partition coefficient (Wildman–Crippen LogP) is 4.72. The van der Waals surface area contributed by atoms with Gasteiger partial charge >= 0.3 is 0 Å². The van der Waals surface area contributed by atoms with Crippen LogP contribution in [0.15, 0.2) is 30.6 Å². The molecule has 1 aliphatic heterocycles. The molecule has 5 nitrogen and oxygen atoms in total. The van der Waals surface area contributed by atoms with Crippen molar-refractivity contribution < 1.29 is 4.79 Å². The van der Waals surface area contributed by atoms with Crippen molar-refractivity contribution in [1.29, 1.82) is 0 Å². The second kappa shape index (κ2) is 7.99. The molecule has 1 atom stereocenters. The minimum absolute atomic E-state index is 0.0815. The van der Waals surface area contributed by atoms with Crippen LogP contribution in [0.25, 0.3) is 10.2 Å². The molecule has 2 aliphatic rings. The van der Waals surface area contributed by atoms with Crippen LogP contribution in [0.3, 0.4) is 0 Å². The van der Waals surface area contributed by atoms with E-state index in [4.69, 9.17) is 0 Å². The maximum Gasteiger partial charge on any atom is 0.223 e. The third-order valence-corrected chi connectivity index (χ3v) is 7.91. The van der Waals surface area contributed by atoms with Gasteiger partial charge in [-0.05, 0) is 62.6 Å². The van der Waals surface area contributed by atoms with Crippen LogP contribution in [0.4, 0.5) is 5.82 Å². The van der Waals surface area contributed by atoms with Crippen LogP contribution in [0.5, 0.6) is 0 Å². The lowest BCUT2D eigenvalue weighted by Gasteiger charge is -2.34. The number of carbonyl (C=O) groups is 1. The Morgan fingerprint density at radius 1 is 1.13 bits per heavy atom. The molecule has 1 N–H and O–H groups in total. The Morgan fingerprint density at radius 2 is 1.93 bits per heavy atom. The van der Waals surface area contributed by atoms with E-state index < -0.39 is 0 Å². The number of fused-ring (bicyclic) bond motifs is 2. The Hall–Kier alpha value is -2.47. The van der Waals surface area contributed by atoms with Gasteiger partial charge in [0.05, 0.1) is 11.4 Å². The van der Waals surface area contributed by atoms with Crippen molar-refractivity contribution in [3.05, 3.63) is 52.2 Å². The molecular weight excluding hydrogens is 392 g/mol. The Morgan fingerprint density at radius 3 is 2.77 bits per heavy atom. The molecule has 1 amide bonds. The first kappa shape index (κ1) is 19.5. The van der Waals surface area contributed by atoms with E-state index in [2.05, 4.69) is 58.3 Å². The number of rotatable bonds is 3. The van der Waals surface area contributed by atoms with Gasteiger partial charge < -0.3 is 10.2 Å². The van der Waals surface area contributed by atoms with Gasteiger partial charge in [-0.1, -0.05) is 24.3 Å². The van der Waals surface area contributed by atoms with E-state index in [1.807, 2.05) is 0 Å². The second-order valence-electron chi connectivity index (χ2n) is 8.57. The van der Waals surface area contributed by atoms with Crippen molar-refractivity contribution in [1.82, 2.24) is 15.3 Å². The zero-order valence-electron chi connectivity index (χ0n) is 17.6. The highest BCUT2D eigenvalue weighted by molar-refractivity contribution is 7.18. The second-order valence-corrected chi connectivity index (χ2v) is 9.78. The van der Waals surface area contributed by atoms with E-state index in [-0.39, 0.29) is 17.9 Å². The number of nitrogens with zero attached hydrogens (tertiary/aromatic N) is 3. The van der Waals surface area contributed by atoms with E-state index in [0.29, 0.717) is 0 Å². The Labute approximate surface area is 181 Å². The summed E-state index contributed by atoms with van der Waals surface area (Å²) in [5, 5.41) is 4.54. The maximum atomic E-state index is 13.0. The summed E-state index contributed by atoms with van der Waals surface area (Å²) in [6.07, 6.45) is 6.71. The van der Waals surface area contributed by atoms with Crippen molar-refractivity contribution in [2.24, 2.45) is 5.92 Å². The van der Waals surface area contributed by atoms with E-state index in [1.54, 1.807) is 17.7 Å². The van der Waals surface area contributed by atoms with Crippen LogP contribution in [0.1, 0.15) is 53.3 Å². The summed E-state index contributed by atoms with van der Waals surface area (Å²) in [6, 6.07) is 8.72. The molecule has 1 fully saturated rings. The van der Waals surface area contributed by atoms with E-state index in [9.17, 15) is 4.79 Å². The number of amides is 1. The highest BCUT2D eigenvalue weighted by Crippen LogP contribution is 2.36. The Bertz CT molecular complexity index is 1080. The fourth-order valence-electron chi connectivity index (χ4n) is 4.95. The standard InChI is InChI=1S/C24H28N4OS/c1-15-16(2)30-24-21(15)22(25-14-26-24)28-12-10-18(11-13-28)23(29)27-20-9-5-7-17-6-3-4-8-19(17)20/h3-4,6,8,14,18,20H,5,7,9-13H2,1-2H3,(H,27,29)/t20-/m1/s1. The molecule has 3 heterocycles. The number of aryl methyl sites for hydroxylation is 3. The summed E-state index contributed by atoms with van der Waals surface area (Å²) in [5.74, 6) is 1.33. The van der Waals surface area contributed by atoms with Crippen molar-refractivity contribution >= 4 is 33.3 Å². The van der Waals surface area contributed by atoms with Gasteiger partial charge in [0.25, 0.3) is 0 Å². The fourth-order valence-corrected chi connectivity index (χ4v) is 5.94. The zero-order valence-corrected chi connectivity index (χ0v) is 18.5. The van der Waals surface area contributed by atoms with Gasteiger partial charge in [0.1, 0.15) is 17.0 Å².